The largest absolute Gasteiger partial charge is 0.481 e. The molecule has 5 nitrogen and oxygen atoms in total. The molecule has 0 bridgehead atoms. The maximum Gasteiger partial charge on any atom is 0.213 e. The Morgan fingerprint density at radius 2 is 2.05 bits per heavy atom. The molecule has 100 valence electrons. The van der Waals surface area contributed by atoms with Gasteiger partial charge in [-0.1, -0.05) is 6.07 Å². The van der Waals surface area contributed by atoms with E-state index in [0.29, 0.717) is 5.88 Å². The molecule has 0 saturated carbocycles. The number of anilines is 2. The number of hydrogen-bond donors (Lipinski definition) is 1. The fraction of sp³-hybridized carbons (Fsp3) is 0.0714. The molecular weight excluding hydrogens is 272 g/mol. The highest BCUT2D eigenvalue weighted by atomic mass is 32.1. The lowest BCUT2D eigenvalue weighted by Crippen LogP contribution is -1.92. The zero-order chi connectivity index (χ0) is 13.8. The van der Waals surface area contributed by atoms with E-state index in [-0.39, 0.29) is 0 Å². The summed E-state index contributed by atoms with van der Waals surface area (Å²) >= 11 is 1.53. The van der Waals surface area contributed by atoms with Crippen molar-refractivity contribution < 1.29 is 4.74 Å². The summed E-state index contributed by atoms with van der Waals surface area (Å²) in [6, 6.07) is 9.47. The molecule has 0 amide bonds. The van der Waals surface area contributed by atoms with E-state index in [4.69, 9.17) is 4.74 Å². The van der Waals surface area contributed by atoms with Crippen LogP contribution in [0.3, 0.4) is 0 Å². The van der Waals surface area contributed by atoms with Crippen LogP contribution in [0.4, 0.5) is 10.8 Å². The molecule has 0 atom stereocenters. The van der Waals surface area contributed by atoms with Crippen LogP contribution < -0.4 is 10.1 Å². The molecule has 3 rings (SSSR count). The Morgan fingerprint density at radius 1 is 1.10 bits per heavy atom. The van der Waals surface area contributed by atoms with Gasteiger partial charge in [0.25, 0.3) is 0 Å². The molecule has 0 saturated heterocycles. The van der Waals surface area contributed by atoms with Gasteiger partial charge in [0.2, 0.25) is 5.88 Å². The fourth-order valence-corrected chi connectivity index (χ4v) is 2.39. The number of nitrogens with zero attached hydrogens (tertiary/aromatic N) is 3. The summed E-state index contributed by atoms with van der Waals surface area (Å²) in [4.78, 5) is 12.9. The first kappa shape index (κ1) is 12.6. The van der Waals surface area contributed by atoms with Crippen LogP contribution in [-0.4, -0.2) is 22.1 Å². The number of nitrogens with one attached hydrogen (secondary N) is 1. The third-order valence-corrected chi connectivity index (χ3v) is 3.39. The van der Waals surface area contributed by atoms with Gasteiger partial charge < -0.3 is 10.1 Å². The lowest BCUT2D eigenvalue weighted by molar-refractivity contribution is 0.398. The minimum atomic E-state index is 0.587. The first-order chi connectivity index (χ1) is 9.85. The second kappa shape index (κ2) is 5.66. The Kier molecular flexibility index (Phi) is 3.56. The van der Waals surface area contributed by atoms with Crippen LogP contribution in [-0.2, 0) is 0 Å². The van der Waals surface area contributed by atoms with E-state index in [1.807, 2.05) is 29.6 Å². The lowest BCUT2D eigenvalue weighted by Gasteiger charge is -2.03. The van der Waals surface area contributed by atoms with Crippen LogP contribution in [0.2, 0.25) is 0 Å². The molecule has 6 heteroatoms. The van der Waals surface area contributed by atoms with Crippen molar-refractivity contribution >= 4 is 22.2 Å². The van der Waals surface area contributed by atoms with Gasteiger partial charge >= 0.3 is 0 Å². The Labute approximate surface area is 120 Å². The van der Waals surface area contributed by atoms with Crippen molar-refractivity contribution in [2.24, 2.45) is 0 Å². The normalized spacial score (nSPS) is 10.2. The Bertz CT molecular complexity index is 682. The summed E-state index contributed by atoms with van der Waals surface area (Å²) in [7, 11) is 1.59. The molecule has 0 aliphatic heterocycles. The third kappa shape index (κ3) is 2.75. The van der Waals surface area contributed by atoms with E-state index in [9.17, 15) is 0 Å². The molecule has 0 aromatic carbocycles. The quantitative estimate of drug-likeness (QED) is 0.796. The van der Waals surface area contributed by atoms with Crippen molar-refractivity contribution in [3.63, 3.8) is 0 Å². The molecule has 0 aliphatic rings. The minimum absolute atomic E-state index is 0.587. The van der Waals surface area contributed by atoms with Crippen molar-refractivity contribution in [3.05, 3.63) is 48.1 Å². The maximum atomic E-state index is 5.02. The number of ether oxygens (including phenoxy) is 1. The van der Waals surface area contributed by atoms with Crippen molar-refractivity contribution in [1.29, 1.82) is 0 Å². The van der Waals surface area contributed by atoms with E-state index in [2.05, 4.69) is 20.3 Å². The lowest BCUT2D eigenvalue weighted by atomic mass is 10.3. The van der Waals surface area contributed by atoms with E-state index < -0.39 is 0 Å². The summed E-state index contributed by atoms with van der Waals surface area (Å²) in [5.74, 6) is 0.587. The maximum absolute atomic E-state index is 5.02. The number of methoxy groups -OCH3 is 1. The van der Waals surface area contributed by atoms with Crippen LogP contribution in [0.1, 0.15) is 0 Å². The standard InChI is InChI=1S/C14H12N4OS/c1-19-13-6-5-10(8-16-13)17-14-18-12(9-20-14)11-4-2-3-7-15-11/h2-9H,1H3,(H,17,18). The number of thiazole rings is 1. The van der Waals surface area contributed by atoms with Crippen molar-refractivity contribution in [2.75, 3.05) is 12.4 Å². The Morgan fingerprint density at radius 3 is 2.75 bits per heavy atom. The van der Waals surface area contributed by atoms with Crippen LogP contribution >= 0.6 is 11.3 Å². The Balaban J connectivity index is 1.77. The molecule has 0 spiro atoms. The zero-order valence-electron chi connectivity index (χ0n) is 10.8. The number of hydrogen-bond acceptors (Lipinski definition) is 6. The van der Waals surface area contributed by atoms with Crippen molar-refractivity contribution in [3.8, 4) is 17.3 Å². The molecule has 3 heterocycles. The summed E-state index contributed by atoms with van der Waals surface area (Å²) in [6.45, 7) is 0. The molecule has 0 radical (unpaired) electrons. The average molecular weight is 284 g/mol. The summed E-state index contributed by atoms with van der Waals surface area (Å²) in [5, 5.41) is 5.98. The number of aromatic nitrogens is 3. The number of pyridine rings is 2. The van der Waals surface area contributed by atoms with E-state index in [0.717, 1.165) is 22.2 Å². The van der Waals surface area contributed by atoms with E-state index in [1.165, 1.54) is 11.3 Å². The zero-order valence-corrected chi connectivity index (χ0v) is 11.6. The van der Waals surface area contributed by atoms with Gasteiger partial charge in [-0.25, -0.2) is 9.97 Å². The van der Waals surface area contributed by atoms with Crippen LogP contribution in [0.5, 0.6) is 5.88 Å². The second-order valence-corrected chi connectivity index (χ2v) is 4.83. The van der Waals surface area contributed by atoms with E-state index >= 15 is 0 Å². The van der Waals surface area contributed by atoms with Gasteiger partial charge in [0.1, 0.15) is 5.69 Å². The van der Waals surface area contributed by atoms with Crippen molar-refractivity contribution in [2.45, 2.75) is 0 Å². The molecule has 3 aromatic heterocycles. The highest BCUT2D eigenvalue weighted by molar-refractivity contribution is 7.14. The summed E-state index contributed by atoms with van der Waals surface area (Å²) in [5.41, 5.74) is 2.59. The van der Waals surface area contributed by atoms with Gasteiger partial charge in [-0.3, -0.25) is 4.98 Å². The predicted octanol–water partition coefficient (Wildman–Crippen LogP) is 3.35. The average Bonchev–Trinajstić information content (AvgIpc) is 2.97. The van der Waals surface area contributed by atoms with Gasteiger partial charge in [-0.05, 0) is 18.2 Å². The second-order valence-electron chi connectivity index (χ2n) is 3.97. The highest BCUT2D eigenvalue weighted by Crippen LogP contribution is 2.26. The molecule has 0 unspecified atom stereocenters. The van der Waals surface area contributed by atoms with Crippen LogP contribution in [0, 0.1) is 0 Å². The van der Waals surface area contributed by atoms with E-state index in [1.54, 1.807) is 25.6 Å². The molecule has 0 aliphatic carbocycles. The van der Waals surface area contributed by atoms with Gasteiger partial charge in [0, 0.05) is 17.6 Å². The van der Waals surface area contributed by atoms with Gasteiger partial charge in [-0.2, -0.15) is 0 Å². The van der Waals surface area contributed by atoms with Crippen LogP contribution in [0.15, 0.2) is 48.1 Å². The molecule has 3 aromatic rings. The highest BCUT2D eigenvalue weighted by Gasteiger charge is 2.05. The number of rotatable bonds is 4. The summed E-state index contributed by atoms with van der Waals surface area (Å²) < 4.78 is 5.02. The first-order valence-corrected chi connectivity index (χ1v) is 6.87. The van der Waals surface area contributed by atoms with Crippen molar-refractivity contribution in [1.82, 2.24) is 15.0 Å². The first-order valence-electron chi connectivity index (χ1n) is 5.99. The summed E-state index contributed by atoms with van der Waals surface area (Å²) in [6.07, 6.45) is 3.47. The molecular formula is C14H12N4OS. The minimum Gasteiger partial charge on any atom is -0.481 e. The Hall–Kier alpha value is -2.47. The van der Waals surface area contributed by atoms with Crippen LogP contribution in [0.25, 0.3) is 11.4 Å². The van der Waals surface area contributed by atoms with Gasteiger partial charge in [0.05, 0.1) is 24.7 Å². The smallest absolute Gasteiger partial charge is 0.213 e. The molecule has 20 heavy (non-hydrogen) atoms. The molecule has 1 N–H and O–H groups in total. The van der Waals surface area contributed by atoms with Gasteiger partial charge in [0.15, 0.2) is 5.13 Å². The molecule has 0 fully saturated rings. The predicted molar refractivity (Wildman–Crippen MR) is 79.4 cm³/mol. The SMILES string of the molecule is COc1ccc(Nc2nc(-c3ccccn3)cs2)cn1. The third-order valence-electron chi connectivity index (χ3n) is 2.63. The van der Waals surface area contributed by atoms with Gasteiger partial charge in [-0.15, -0.1) is 11.3 Å². The fourth-order valence-electron chi connectivity index (χ4n) is 1.66. The topological polar surface area (TPSA) is 59.9 Å². The monoisotopic (exact) mass is 284 g/mol.